The molecular formula is C15H21BrO. The number of para-hydroxylation sites is 1. The Morgan fingerprint density at radius 2 is 1.88 bits per heavy atom. The van der Waals surface area contributed by atoms with Gasteiger partial charge in [0, 0.05) is 5.33 Å². The minimum atomic E-state index is 0.451. The maximum Gasteiger partial charge on any atom is 0.122 e. The second-order valence-electron chi connectivity index (χ2n) is 5.18. The maximum absolute atomic E-state index is 5.46. The molecule has 0 unspecified atom stereocenters. The van der Waals surface area contributed by atoms with Crippen molar-refractivity contribution in [3.8, 4) is 5.75 Å². The SMILES string of the molecule is COc1ccccc1CC1(CBr)CCCCC1. The summed E-state index contributed by atoms with van der Waals surface area (Å²) in [6.07, 6.45) is 7.98. The molecule has 0 atom stereocenters. The number of rotatable bonds is 4. The fourth-order valence-corrected chi connectivity index (χ4v) is 3.67. The first-order valence-electron chi connectivity index (χ1n) is 6.47. The van der Waals surface area contributed by atoms with E-state index in [1.54, 1.807) is 7.11 Å². The van der Waals surface area contributed by atoms with Crippen LogP contribution in [0.5, 0.6) is 5.75 Å². The number of methoxy groups -OCH3 is 1. The standard InChI is InChI=1S/C15H21BrO/c1-17-14-8-4-3-7-13(14)11-15(12-16)9-5-2-6-10-15/h3-4,7-8H,2,5-6,9-12H2,1H3. The van der Waals surface area contributed by atoms with Crippen molar-refractivity contribution in [2.45, 2.75) is 38.5 Å². The molecule has 1 fully saturated rings. The van der Waals surface area contributed by atoms with E-state index in [2.05, 4.69) is 34.1 Å². The van der Waals surface area contributed by atoms with Gasteiger partial charge >= 0.3 is 0 Å². The molecular weight excluding hydrogens is 276 g/mol. The van der Waals surface area contributed by atoms with Crippen LogP contribution in [0.15, 0.2) is 24.3 Å². The smallest absolute Gasteiger partial charge is 0.122 e. The highest BCUT2D eigenvalue weighted by Crippen LogP contribution is 2.42. The third kappa shape index (κ3) is 3.04. The van der Waals surface area contributed by atoms with Crippen LogP contribution in [0.3, 0.4) is 0 Å². The predicted molar refractivity (Wildman–Crippen MR) is 76.0 cm³/mol. The summed E-state index contributed by atoms with van der Waals surface area (Å²) in [5.74, 6) is 1.04. The average molecular weight is 297 g/mol. The zero-order chi connectivity index (χ0) is 12.1. The summed E-state index contributed by atoms with van der Waals surface area (Å²) in [5.41, 5.74) is 1.81. The Balaban J connectivity index is 2.17. The Labute approximate surface area is 113 Å². The van der Waals surface area contributed by atoms with Crippen molar-refractivity contribution < 1.29 is 4.74 Å². The van der Waals surface area contributed by atoms with Crippen molar-refractivity contribution in [1.82, 2.24) is 0 Å². The third-order valence-corrected chi connectivity index (χ3v) is 5.15. The van der Waals surface area contributed by atoms with Gasteiger partial charge in [-0.2, -0.15) is 0 Å². The summed E-state index contributed by atoms with van der Waals surface area (Å²) in [6, 6.07) is 8.44. The van der Waals surface area contributed by atoms with Crippen molar-refractivity contribution in [1.29, 1.82) is 0 Å². The fourth-order valence-electron chi connectivity index (χ4n) is 2.91. The van der Waals surface area contributed by atoms with Crippen LogP contribution < -0.4 is 4.74 Å². The van der Waals surface area contributed by atoms with Crippen LogP contribution in [0.4, 0.5) is 0 Å². The molecule has 2 heteroatoms. The van der Waals surface area contributed by atoms with Crippen LogP contribution in [0, 0.1) is 5.41 Å². The topological polar surface area (TPSA) is 9.23 Å². The molecule has 0 bridgehead atoms. The Bertz CT molecular complexity index is 356. The summed E-state index contributed by atoms with van der Waals surface area (Å²) in [7, 11) is 1.76. The van der Waals surface area contributed by atoms with E-state index in [0.29, 0.717) is 5.41 Å². The second kappa shape index (κ2) is 5.90. The van der Waals surface area contributed by atoms with Crippen molar-refractivity contribution in [3.63, 3.8) is 0 Å². The van der Waals surface area contributed by atoms with E-state index < -0.39 is 0 Å². The van der Waals surface area contributed by atoms with Crippen molar-refractivity contribution >= 4 is 15.9 Å². The Hall–Kier alpha value is -0.500. The average Bonchev–Trinajstić information content (AvgIpc) is 2.40. The van der Waals surface area contributed by atoms with Gasteiger partial charge in [-0.25, -0.2) is 0 Å². The molecule has 17 heavy (non-hydrogen) atoms. The normalized spacial score (nSPS) is 18.9. The summed E-state index contributed by atoms with van der Waals surface area (Å²) >= 11 is 3.73. The first kappa shape index (κ1) is 12.9. The summed E-state index contributed by atoms with van der Waals surface area (Å²) < 4.78 is 5.46. The highest BCUT2D eigenvalue weighted by atomic mass is 79.9. The van der Waals surface area contributed by atoms with Gasteiger partial charge in [-0.3, -0.25) is 0 Å². The summed E-state index contributed by atoms with van der Waals surface area (Å²) in [6.45, 7) is 0. The van der Waals surface area contributed by atoms with Crippen LogP contribution in [0.1, 0.15) is 37.7 Å². The van der Waals surface area contributed by atoms with Gasteiger partial charge in [-0.15, -0.1) is 0 Å². The van der Waals surface area contributed by atoms with Gasteiger partial charge in [0.15, 0.2) is 0 Å². The van der Waals surface area contributed by atoms with Crippen molar-refractivity contribution in [3.05, 3.63) is 29.8 Å². The first-order valence-corrected chi connectivity index (χ1v) is 7.60. The van der Waals surface area contributed by atoms with Crippen LogP contribution in [-0.4, -0.2) is 12.4 Å². The van der Waals surface area contributed by atoms with Crippen LogP contribution >= 0.6 is 15.9 Å². The lowest BCUT2D eigenvalue weighted by Gasteiger charge is -2.36. The monoisotopic (exact) mass is 296 g/mol. The molecule has 1 saturated carbocycles. The number of benzene rings is 1. The zero-order valence-electron chi connectivity index (χ0n) is 10.5. The van der Waals surface area contributed by atoms with Gasteiger partial charge in [0.1, 0.15) is 5.75 Å². The molecule has 1 aromatic carbocycles. The largest absolute Gasteiger partial charge is 0.496 e. The molecule has 0 spiro atoms. The third-order valence-electron chi connectivity index (χ3n) is 3.96. The Morgan fingerprint density at radius 3 is 2.53 bits per heavy atom. The van der Waals surface area contributed by atoms with E-state index in [1.165, 1.54) is 37.7 Å². The van der Waals surface area contributed by atoms with E-state index >= 15 is 0 Å². The number of halogens is 1. The van der Waals surface area contributed by atoms with Gasteiger partial charge < -0.3 is 4.74 Å². The molecule has 0 saturated heterocycles. The van der Waals surface area contributed by atoms with E-state index in [1.807, 2.05) is 6.07 Å². The number of ether oxygens (including phenoxy) is 1. The Kier molecular flexibility index (Phi) is 4.49. The second-order valence-corrected chi connectivity index (χ2v) is 5.74. The van der Waals surface area contributed by atoms with Gasteiger partial charge in [-0.05, 0) is 36.3 Å². The first-order chi connectivity index (χ1) is 8.29. The molecule has 0 radical (unpaired) electrons. The lowest BCUT2D eigenvalue weighted by molar-refractivity contribution is 0.221. The lowest BCUT2D eigenvalue weighted by atomic mass is 9.72. The fraction of sp³-hybridized carbons (Fsp3) is 0.600. The van der Waals surface area contributed by atoms with Crippen LogP contribution in [0.25, 0.3) is 0 Å². The predicted octanol–water partition coefficient (Wildman–Crippen LogP) is 4.58. The molecule has 1 aromatic rings. The molecule has 0 aliphatic heterocycles. The minimum absolute atomic E-state index is 0.451. The van der Waals surface area contributed by atoms with E-state index in [0.717, 1.165) is 17.5 Å². The zero-order valence-corrected chi connectivity index (χ0v) is 12.1. The molecule has 94 valence electrons. The van der Waals surface area contributed by atoms with E-state index in [-0.39, 0.29) is 0 Å². The van der Waals surface area contributed by atoms with Crippen LogP contribution in [0.2, 0.25) is 0 Å². The van der Waals surface area contributed by atoms with Gasteiger partial charge in [0.2, 0.25) is 0 Å². The molecule has 0 heterocycles. The highest BCUT2D eigenvalue weighted by Gasteiger charge is 2.31. The summed E-state index contributed by atoms with van der Waals surface area (Å²) in [4.78, 5) is 0. The molecule has 0 aromatic heterocycles. The molecule has 0 amide bonds. The quantitative estimate of drug-likeness (QED) is 0.739. The molecule has 1 aliphatic rings. The van der Waals surface area contributed by atoms with E-state index in [9.17, 15) is 0 Å². The Morgan fingerprint density at radius 1 is 1.18 bits per heavy atom. The van der Waals surface area contributed by atoms with Gasteiger partial charge in [0.05, 0.1) is 7.11 Å². The number of hydrogen-bond donors (Lipinski definition) is 0. The highest BCUT2D eigenvalue weighted by molar-refractivity contribution is 9.09. The van der Waals surface area contributed by atoms with Gasteiger partial charge in [0.25, 0.3) is 0 Å². The number of alkyl halides is 1. The molecule has 2 rings (SSSR count). The lowest BCUT2D eigenvalue weighted by Crippen LogP contribution is -2.28. The molecule has 1 aliphatic carbocycles. The minimum Gasteiger partial charge on any atom is -0.496 e. The number of hydrogen-bond acceptors (Lipinski definition) is 1. The van der Waals surface area contributed by atoms with E-state index in [4.69, 9.17) is 4.74 Å². The van der Waals surface area contributed by atoms with Crippen molar-refractivity contribution in [2.24, 2.45) is 5.41 Å². The van der Waals surface area contributed by atoms with Gasteiger partial charge in [-0.1, -0.05) is 53.4 Å². The molecule has 1 nitrogen and oxygen atoms in total. The maximum atomic E-state index is 5.46. The summed E-state index contributed by atoms with van der Waals surface area (Å²) in [5, 5.41) is 1.11. The molecule has 0 N–H and O–H groups in total. The van der Waals surface area contributed by atoms with Crippen LogP contribution in [-0.2, 0) is 6.42 Å². The van der Waals surface area contributed by atoms with Crippen molar-refractivity contribution in [2.75, 3.05) is 12.4 Å².